The van der Waals surface area contributed by atoms with Gasteiger partial charge in [0.05, 0.1) is 0 Å². The number of rotatable bonds is 4. The molecular formula is C18H21BrN2. The molecule has 2 unspecified atom stereocenters. The molecule has 1 aromatic heterocycles. The molecular weight excluding hydrogens is 324 g/mol. The standard InChI is InChI=1S/C18H21BrN2/c1-3-20-18(15-11-12(2)6-9-16(15)19)14-8-7-13-5-4-10-21-17(13)14/h4-6,9-11,14,18,20H,3,7-8H2,1-2H3. The Bertz CT molecular complexity index is 639. The zero-order chi connectivity index (χ0) is 14.8. The molecule has 0 radical (unpaired) electrons. The first-order chi connectivity index (χ1) is 10.2. The van der Waals surface area contributed by atoms with Crippen molar-refractivity contribution in [3.63, 3.8) is 0 Å². The Morgan fingerprint density at radius 3 is 3.05 bits per heavy atom. The number of fused-ring (bicyclic) bond motifs is 1. The zero-order valence-corrected chi connectivity index (χ0v) is 14.2. The average molecular weight is 345 g/mol. The number of likely N-dealkylation sites (N-methyl/N-ethyl adjacent to an activating group) is 1. The van der Waals surface area contributed by atoms with E-state index in [2.05, 4.69) is 64.3 Å². The van der Waals surface area contributed by atoms with Crippen LogP contribution in [0.15, 0.2) is 41.0 Å². The third-order valence-corrected chi connectivity index (χ3v) is 5.04. The number of benzene rings is 1. The molecule has 0 fully saturated rings. The maximum absolute atomic E-state index is 4.67. The lowest BCUT2D eigenvalue weighted by molar-refractivity contribution is 0.446. The summed E-state index contributed by atoms with van der Waals surface area (Å²) < 4.78 is 1.18. The van der Waals surface area contributed by atoms with Gasteiger partial charge in [0.25, 0.3) is 0 Å². The van der Waals surface area contributed by atoms with Crippen LogP contribution in [-0.4, -0.2) is 11.5 Å². The van der Waals surface area contributed by atoms with Gasteiger partial charge in [-0.3, -0.25) is 4.98 Å². The van der Waals surface area contributed by atoms with Crippen molar-refractivity contribution < 1.29 is 0 Å². The molecule has 0 saturated heterocycles. The summed E-state index contributed by atoms with van der Waals surface area (Å²) in [5.41, 5.74) is 5.33. The Hall–Kier alpha value is -1.19. The van der Waals surface area contributed by atoms with E-state index in [1.54, 1.807) is 0 Å². The van der Waals surface area contributed by atoms with Crippen LogP contribution in [0, 0.1) is 6.92 Å². The molecule has 2 atom stereocenters. The number of nitrogens with one attached hydrogen (secondary N) is 1. The fourth-order valence-corrected chi connectivity index (χ4v) is 3.85. The van der Waals surface area contributed by atoms with Gasteiger partial charge < -0.3 is 5.32 Å². The van der Waals surface area contributed by atoms with Gasteiger partial charge in [-0.25, -0.2) is 0 Å². The van der Waals surface area contributed by atoms with Crippen molar-refractivity contribution in [2.24, 2.45) is 0 Å². The second-order valence-corrected chi connectivity index (χ2v) is 6.61. The molecule has 1 heterocycles. The summed E-state index contributed by atoms with van der Waals surface area (Å²) in [5.74, 6) is 0.458. The first-order valence-corrected chi connectivity index (χ1v) is 8.43. The van der Waals surface area contributed by atoms with Gasteiger partial charge in [0, 0.05) is 28.3 Å². The minimum atomic E-state index is 0.320. The number of hydrogen-bond acceptors (Lipinski definition) is 2. The van der Waals surface area contributed by atoms with Gasteiger partial charge in [0.15, 0.2) is 0 Å². The van der Waals surface area contributed by atoms with Crippen molar-refractivity contribution >= 4 is 15.9 Å². The van der Waals surface area contributed by atoms with E-state index >= 15 is 0 Å². The molecule has 1 N–H and O–H groups in total. The van der Waals surface area contributed by atoms with E-state index in [1.165, 1.54) is 33.3 Å². The topological polar surface area (TPSA) is 24.9 Å². The molecule has 3 rings (SSSR count). The molecule has 110 valence electrons. The summed E-state index contributed by atoms with van der Waals surface area (Å²) in [6, 6.07) is 11.2. The van der Waals surface area contributed by atoms with E-state index in [4.69, 9.17) is 0 Å². The highest BCUT2D eigenvalue weighted by Gasteiger charge is 2.32. The minimum Gasteiger partial charge on any atom is -0.310 e. The van der Waals surface area contributed by atoms with Crippen LogP contribution in [0.5, 0.6) is 0 Å². The summed E-state index contributed by atoms with van der Waals surface area (Å²) in [5, 5.41) is 3.68. The number of halogens is 1. The maximum atomic E-state index is 4.67. The van der Waals surface area contributed by atoms with E-state index in [-0.39, 0.29) is 0 Å². The largest absolute Gasteiger partial charge is 0.310 e. The average Bonchev–Trinajstić information content (AvgIpc) is 2.91. The lowest BCUT2D eigenvalue weighted by Crippen LogP contribution is -2.27. The molecule has 0 spiro atoms. The molecule has 0 saturated carbocycles. The molecule has 21 heavy (non-hydrogen) atoms. The molecule has 0 bridgehead atoms. The van der Waals surface area contributed by atoms with Crippen molar-refractivity contribution in [1.82, 2.24) is 10.3 Å². The lowest BCUT2D eigenvalue weighted by atomic mass is 9.90. The highest BCUT2D eigenvalue weighted by Crippen LogP contribution is 2.42. The first-order valence-electron chi connectivity index (χ1n) is 7.64. The van der Waals surface area contributed by atoms with Crippen molar-refractivity contribution in [1.29, 1.82) is 0 Å². The van der Waals surface area contributed by atoms with Gasteiger partial charge in [-0.15, -0.1) is 0 Å². The first kappa shape index (κ1) is 14.7. The predicted molar refractivity (Wildman–Crippen MR) is 90.6 cm³/mol. The van der Waals surface area contributed by atoms with Crippen LogP contribution >= 0.6 is 15.9 Å². The molecule has 1 aliphatic rings. The molecule has 3 heteroatoms. The summed E-state index contributed by atoms with van der Waals surface area (Å²) in [7, 11) is 0. The zero-order valence-electron chi connectivity index (χ0n) is 12.6. The highest BCUT2D eigenvalue weighted by atomic mass is 79.9. The molecule has 1 aliphatic carbocycles. The van der Waals surface area contributed by atoms with Gasteiger partial charge in [-0.1, -0.05) is 46.6 Å². The van der Waals surface area contributed by atoms with E-state index < -0.39 is 0 Å². The molecule has 0 aliphatic heterocycles. The molecule has 0 amide bonds. The van der Waals surface area contributed by atoms with Crippen LogP contribution in [0.2, 0.25) is 0 Å². The Morgan fingerprint density at radius 1 is 1.38 bits per heavy atom. The number of nitrogens with zero attached hydrogens (tertiary/aromatic N) is 1. The molecule has 2 nitrogen and oxygen atoms in total. The van der Waals surface area contributed by atoms with E-state index in [1.807, 2.05) is 12.3 Å². The summed E-state index contributed by atoms with van der Waals surface area (Å²) >= 11 is 3.73. The molecule has 1 aromatic carbocycles. The predicted octanol–water partition coefficient (Wildman–Crippen LogP) is 4.53. The van der Waals surface area contributed by atoms with Crippen LogP contribution in [0.1, 0.15) is 47.7 Å². The number of hydrogen-bond donors (Lipinski definition) is 1. The second-order valence-electron chi connectivity index (χ2n) is 5.75. The van der Waals surface area contributed by atoms with Crippen molar-refractivity contribution in [2.45, 2.75) is 38.6 Å². The maximum Gasteiger partial charge on any atom is 0.0485 e. The summed E-state index contributed by atoms with van der Waals surface area (Å²) in [6.45, 7) is 5.29. The van der Waals surface area contributed by atoms with Crippen molar-refractivity contribution in [3.05, 3.63) is 63.4 Å². The van der Waals surface area contributed by atoms with Gasteiger partial charge in [0.2, 0.25) is 0 Å². The third-order valence-electron chi connectivity index (χ3n) is 4.31. The van der Waals surface area contributed by atoms with Gasteiger partial charge >= 0.3 is 0 Å². The van der Waals surface area contributed by atoms with Crippen molar-refractivity contribution in [3.8, 4) is 0 Å². The lowest BCUT2D eigenvalue weighted by Gasteiger charge is -2.26. The number of aryl methyl sites for hydroxylation is 2. The third kappa shape index (κ3) is 2.90. The van der Waals surface area contributed by atoms with E-state index in [9.17, 15) is 0 Å². The smallest absolute Gasteiger partial charge is 0.0485 e. The Kier molecular flexibility index (Phi) is 4.41. The Morgan fingerprint density at radius 2 is 2.24 bits per heavy atom. The second kappa shape index (κ2) is 6.29. The normalized spacial score (nSPS) is 18.5. The SMILES string of the molecule is CCNC(c1cc(C)ccc1Br)C1CCc2cccnc21. The van der Waals surface area contributed by atoms with E-state index in [0.717, 1.165) is 13.0 Å². The summed E-state index contributed by atoms with van der Waals surface area (Å²) in [4.78, 5) is 4.67. The Labute approximate surface area is 135 Å². The summed E-state index contributed by atoms with van der Waals surface area (Å²) in [6.07, 6.45) is 4.23. The van der Waals surface area contributed by atoms with Crippen LogP contribution < -0.4 is 5.32 Å². The quantitative estimate of drug-likeness (QED) is 0.880. The monoisotopic (exact) mass is 344 g/mol. The Balaban J connectivity index is 2.01. The van der Waals surface area contributed by atoms with Crippen LogP contribution in [0.4, 0.5) is 0 Å². The highest BCUT2D eigenvalue weighted by molar-refractivity contribution is 9.10. The van der Waals surface area contributed by atoms with E-state index in [0.29, 0.717) is 12.0 Å². The molecule has 2 aromatic rings. The minimum absolute atomic E-state index is 0.320. The number of pyridine rings is 1. The van der Waals surface area contributed by atoms with Crippen LogP contribution in [-0.2, 0) is 6.42 Å². The van der Waals surface area contributed by atoms with Crippen LogP contribution in [0.25, 0.3) is 0 Å². The van der Waals surface area contributed by atoms with Crippen LogP contribution in [0.3, 0.4) is 0 Å². The number of aromatic nitrogens is 1. The van der Waals surface area contributed by atoms with Gasteiger partial charge in [0.1, 0.15) is 0 Å². The fourth-order valence-electron chi connectivity index (χ4n) is 3.36. The van der Waals surface area contributed by atoms with Crippen molar-refractivity contribution in [2.75, 3.05) is 6.54 Å². The fraction of sp³-hybridized carbons (Fsp3) is 0.389. The van der Waals surface area contributed by atoms with Gasteiger partial charge in [-0.2, -0.15) is 0 Å². The van der Waals surface area contributed by atoms with Gasteiger partial charge in [-0.05, 0) is 49.6 Å².